The lowest BCUT2D eigenvalue weighted by molar-refractivity contribution is 0.0445. The summed E-state index contributed by atoms with van der Waals surface area (Å²) in [6.07, 6.45) is 2.88. The molecule has 0 amide bonds. The normalized spacial score (nSPS) is 12.3. The maximum absolute atomic E-state index is 9.26. The van der Waals surface area contributed by atoms with Crippen molar-refractivity contribution in [3.05, 3.63) is 117 Å². The second-order valence-electron chi connectivity index (χ2n) is 9.05. The Kier molecular flexibility index (Phi) is 10.6. The Balaban J connectivity index is 1.54. The SMILES string of the molecule is OCCCCCN(Cc1ccccc1Br)[C@@H](COCc1ccc2ccccc2c1Br)c1ccccc1. The molecule has 0 aliphatic heterocycles. The molecule has 1 N–H and O–H groups in total. The summed E-state index contributed by atoms with van der Waals surface area (Å²) in [5, 5.41) is 11.7. The van der Waals surface area contributed by atoms with Crippen LogP contribution >= 0.6 is 31.9 Å². The smallest absolute Gasteiger partial charge is 0.0729 e. The minimum Gasteiger partial charge on any atom is -0.396 e. The first kappa shape index (κ1) is 27.0. The van der Waals surface area contributed by atoms with E-state index < -0.39 is 0 Å². The van der Waals surface area contributed by atoms with Crippen LogP contribution in [0.2, 0.25) is 0 Å². The van der Waals surface area contributed by atoms with Crippen molar-refractivity contribution in [2.45, 2.75) is 38.5 Å². The molecule has 0 radical (unpaired) electrons. The highest BCUT2D eigenvalue weighted by atomic mass is 79.9. The van der Waals surface area contributed by atoms with Gasteiger partial charge in [-0.2, -0.15) is 0 Å². The van der Waals surface area contributed by atoms with Gasteiger partial charge in [-0.05, 0) is 75.3 Å². The van der Waals surface area contributed by atoms with Crippen LogP contribution in [0.15, 0.2) is 99.9 Å². The van der Waals surface area contributed by atoms with Gasteiger partial charge < -0.3 is 9.84 Å². The lowest BCUT2D eigenvalue weighted by atomic mass is 10.0. The van der Waals surface area contributed by atoms with E-state index in [1.165, 1.54) is 21.9 Å². The second-order valence-corrected chi connectivity index (χ2v) is 10.7. The molecule has 0 heterocycles. The van der Waals surface area contributed by atoms with E-state index in [4.69, 9.17) is 4.74 Å². The molecule has 0 spiro atoms. The van der Waals surface area contributed by atoms with Crippen LogP contribution in [0.3, 0.4) is 0 Å². The number of aliphatic hydroxyl groups is 1. The van der Waals surface area contributed by atoms with Crippen molar-refractivity contribution in [1.29, 1.82) is 0 Å². The maximum atomic E-state index is 9.26. The quantitative estimate of drug-likeness (QED) is 0.155. The molecule has 3 nitrogen and oxygen atoms in total. The predicted molar refractivity (Wildman–Crippen MR) is 156 cm³/mol. The molecule has 0 fully saturated rings. The van der Waals surface area contributed by atoms with E-state index in [1.807, 2.05) is 0 Å². The number of nitrogens with zero attached hydrogens (tertiary/aromatic N) is 1. The van der Waals surface area contributed by atoms with Gasteiger partial charge in [-0.1, -0.05) is 101 Å². The summed E-state index contributed by atoms with van der Waals surface area (Å²) >= 11 is 7.55. The fourth-order valence-electron chi connectivity index (χ4n) is 4.55. The average molecular weight is 611 g/mol. The molecule has 0 bridgehead atoms. The zero-order chi connectivity index (χ0) is 25.2. The number of hydrogen-bond donors (Lipinski definition) is 1. The number of aliphatic hydroxyl groups excluding tert-OH is 1. The molecule has 0 aromatic heterocycles. The second kappa shape index (κ2) is 14.1. The molecule has 4 aromatic carbocycles. The average Bonchev–Trinajstić information content (AvgIpc) is 2.91. The molecule has 5 heteroatoms. The lowest BCUT2D eigenvalue weighted by Crippen LogP contribution is -2.32. The van der Waals surface area contributed by atoms with Crippen molar-refractivity contribution < 1.29 is 9.84 Å². The number of fused-ring (bicyclic) bond motifs is 1. The fourth-order valence-corrected chi connectivity index (χ4v) is 5.57. The van der Waals surface area contributed by atoms with Gasteiger partial charge in [-0.25, -0.2) is 0 Å². The predicted octanol–water partition coefficient (Wildman–Crippen LogP) is 8.29. The van der Waals surface area contributed by atoms with E-state index in [0.29, 0.717) is 13.2 Å². The summed E-state index contributed by atoms with van der Waals surface area (Å²) in [6, 6.07) is 31.9. The molecule has 188 valence electrons. The van der Waals surface area contributed by atoms with Gasteiger partial charge in [0.05, 0.1) is 19.3 Å². The van der Waals surface area contributed by atoms with E-state index >= 15 is 0 Å². The van der Waals surface area contributed by atoms with Crippen LogP contribution in [0.5, 0.6) is 0 Å². The molecule has 4 aromatic rings. The van der Waals surface area contributed by atoms with Crippen LogP contribution in [0.4, 0.5) is 0 Å². The van der Waals surface area contributed by atoms with Crippen molar-refractivity contribution >= 4 is 42.6 Å². The van der Waals surface area contributed by atoms with E-state index in [-0.39, 0.29) is 12.6 Å². The van der Waals surface area contributed by atoms with Crippen molar-refractivity contribution in [3.63, 3.8) is 0 Å². The van der Waals surface area contributed by atoms with Crippen molar-refractivity contribution in [2.75, 3.05) is 19.8 Å². The Bertz CT molecular complexity index is 1230. The molecule has 0 aliphatic carbocycles. The Morgan fingerprint density at radius 3 is 2.31 bits per heavy atom. The zero-order valence-corrected chi connectivity index (χ0v) is 23.6. The summed E-state index contributed by atoms with van der Waals surface area (Å²) in [5.74, 6) is 0. The Morgan fingerprint density at radius 2 is 1.50 bits per heavy atom. The number of hydrogen-bond acceptors (Lipinski definition) is 3. The Hall–Kier alpha value is -2.02. The van der Waals surface area contributed by atoms with Gasteiger partial charge in [0, 0.05) is 22.1 Å². The zero-order valence-electron chi connectivity index (χ0n) is 20.5. The topological polar surface area (TPSA) is 32.7 Å². The number of ether oxygens (including phenoxy) is 1. The van der Waals surface area contributed by atoms with Crippen molar-refractivity contribution in [3.8, 4) is 0 Å². The number of unbranched alkanes of at least 4 members (excludes halogenated alkanes) is 2. The van der Waals surface area contributed by atoms with Crippen LogP contribution in [-0.4, -0.2) is 29.8 Å². The van der Waals surface area contributed by atoms with Gasteiger partial charge in [-0.3, -0.25) is 4.90 Å². The molecule has 0 saturated heterocycles. The molecule has 0 aliphatic rings. The standard InChI is InChI=1S/C31H33Br2NO2/c32-29-16-8-6-14-26(29)21-34(19-9-2-10-20-35)30(25-12-3-1-4-13-25)23-36-22-27-18-17-24-11-5-7-15-28(24)31(27)33/h1,3-8,11-18,30,35H,2,9-10,19-23H2/t30-/m0/s1. The fraction of sp³-hybridized carbons (Fsp3) is 0.290. The summed E-state index contributed by atoms with van der Waals surface area (Å²) in [4.78, 5) is 2.52. The Labute approximate surface area is 231 Å². The molecule has 0 saturated carbocycles. The number of benzene rings is 4. The minimum absolute atomic E-state index is 0.117. The first-order chi connectivity index (χ1) is 17.7. The summed E-state index contributed by atoms with van der Waals surface area (Å²) in [7, 11) is 0. The summed E-state index contributed by atoms with van der Waals surface area (Å²) < 4.78 is 8.65. The third kappa shape index (κ3) is 7.27. The van der Waals surface area contributed by atoms with Crippen molar-refractivity contribution in [1.82, 2.24) is 4.90 Å². The largest absolute Gasteiger partial charge is 0.396 e. The van der Waals surface area contributed by atoms with Gasteiger partial charge in [0.25, 0.3) is 0 Å². The van der Waals surface area contributed by atoms with Crippen LogP contribution < -0.4 is 0 Å². The highest BCUT2D eigenvalue weighted by Gasteiger charge is 2.22. The Morgan fingerprint density at radius 1 is 0.750 bits per heavy atom. The van der Waals surface area contributed by atoms with Crippen LogP contribution in [0, 0.1) is 0 Å². The van der Waals surface area contributed by atoms with E-state index in [0.717, 1.165) is 46.9 Å². The van der Waals surface area contributed by atoms with Crippen molar-refractivity contribution in [2.24, 2.45) is 0 Å². The first-order valence-electron chi connectivity index (χ1n) is 12.5. The first-order valence-corrected chi connectivity index (χ1v) is 14.1. The maximum Gasteiger partial charge on any atom is 0.0729 e. The van der Waals surface area contributed by atoms with Gasteiger partial charge in [0.2, 0.25) is 0 Å². The molecule has 4 rings (SSSR count). The van der Waals surface area contributed by atoms with Gasteiger partial charge in [0.1, 0.15) is 0 Å². The molecular weight excluding hydrogens is 578 g/mol. The third-order valence-electron chi connectivity index (χ3n) is 6.54. The monoisotopic (exact) mass is 609 g/mol. The van der Waals surface area contributed by atoms with Gasteiger partial charge >= 0.3 is 0 Å². The number of halogens is 2. The van der Waals surface area contributed by atoms with E-state index in [1.54, 1.807) is 0 Å². The lowest BCUT2D eigenvalue weighted by Gasteiger charge is -2.32. The van der Waals surface area contributed by atoms with E-state index in [9.17, 15) is 5.11 Å². The van der Waals surface area contributed by atoms with Crippen LogP contribution in [0.1, 0.15) is 42.0 Å². The molecular formula is C31H33Br2NO2. The molecule has 36 heavy (non-hydrogen) atoms. The minimum atomic E-state index is 0.117. The summed E-state index contributed by atoms with van der Waals surface area (Å²) in [6.45, 7) is 3.14. The molecule has 0 unspecified atom stereocenters. The van der Waals surface area contributed by atoms with Gasteiger partial charge in [-0.15, -0.1) is 0 Å². The molecule has 1 atom stereocenters. The summed E-state index contributed by atoms with van der Waals surface area (Å²) in [5.41, 5.74) is 3.67. The number of rotatable bonds is 13. The van der Waals surface area contributed by atoms with Crippen LogP contribution in [-0.2, 0) is 17.9 Å². The van der Waals surface area contributed by atoms with Crippen LogP contribution in [0.25, 0.3) is 10.8 Å². The third-order valence-corrected chi connectivity index (χ3v) is 8.25. The highest BCUT2D eigenvalue weighted by Crippen LogP contribution is 2.30. The highest BCUT2D eigenvalue weighted by molar-refractivity contribution is 9.11. The van der Waals surface area contributed by atoms with Gasteiger partial charge in [0.15, 0.2) is 0 Å². The van der Waals surface area contributed by atoms with E-state index in [2.05, 4.69) is 128 Å².